The van der Waals surface area contributed by atoms with Crippen LogP contribution in [0, 0.1) is 11.6 Å². The maximum Gasteiger partial charge on any atom is 0.239 e. The zero-order valence-corrected chi connectivity index (χ0v) is 25.5. The third-order valence-electron chi connectivity index (χ3n) is 6.62. The second-order valence-corrected chi connectivity index (χ2v) is 10.1. The number of H-pyrrole nitrogens is 2. The van der Waals surface area contributed by atoms with Crippen LogP contribution in [0.25, 0.3) is 5.76 Å². The number of ketones is 3. The molecule has 0 aliphatic heterocycles. The zero-order chi connectivity index (χ0) is 33.8. The van der Waals surface area contributed by atoms with Crippen LogP contribution in [0.1, 0.15) is 62.3 Å². The summed E-state index contributed by atoms with van der Waals surface area (Å²) < 4.78 is 29.2. The number of benzene rings is 2. The number of tetrazole rings is 1. The summed E-state index contributed by atoms with van der Waals surface area (Å²) in [7, 11) is 0. The number of nitrogens with zero attached hydrogens (tertiary/aromatic N) is 5. The van der Waals surface area contributed by atoms with Crippen molar-refractivity contribution in [3.8, 4) is 0 Å². The standard InChI is InChI=1S/C15H12FN5O2.C13H12FNO.C6H7NO/c16-11-5-3-10(4-6-11)9-21-7-1-2-12(21)13(22)8-14(23)15-17-19-20-18-15;1-10(16)13-3-2-8-15(13)9-11-4-6-12(14)7-5-11;1-5(8)6-3-2-4-7-6/h1-8,23H,9H2,(H,17,18,19,20);2-8H,9H2,1H3;2-4,7H,1H3/b14-8-;;. The van der Waals surface area contributed by atoms with E-state index in [0.29, 0.717) is 30.2 Å². The number of halogens is 2. The van der Waals surface area contributed by atoms with Gasteiger partial charge in [0.05, 0.1) is 17.1 Å². The quantitative estimate of drug-likeness (QED) is 0.0987. The van der Waals surface area contributed by atoms with E-state index in [4.69, 9.17) is 0 Å². The van der Waals surface area contributed by atoms with E-state index in [0.717, 1.165) is 17.2 Å². The van der Waals surface area contributed by atoms with Crippen molar-refractivity contribution in [2.24, 2.45) is 0 Å². The number of hydrogen-bond acceptors (Lipinski definition) is 7. The van der Waals surface area contributed by atoms with Gasteiger partial charge in [-0.15, -0.1) is 10.2 Å². The van der Waals surface area contributed by atoms with Crippen molar-refractivity contribution in [2.45, 2.75) is 26.9 Å². The normalized spacial score (nSPS) is 10.8. The number of Topliss-reactive ketones (excluding diaryl/α,β-unsaturated/α-hetero) is 2. The summed E-state index contributed by atoms with van der Waals surface area (Å²) in [5.74, 6) is -1.29. The van der Waals surface area contributed by atoms with Gasteiger partial charge in [-0.1, -0.05) is 24.3 Å². The fraction of sp³-hybridized carbons (Fsp3) is 0.118. The Balaban J connectivity index is 0.000000180. The molecule has 13 heteroatoms. The lowest BCUT2D eigenvalue weighted by molar-refractivity contribution is 0.0998. The Labute approximate surface area is 268 Å². The summed E-state index contributed by atoms with van der Waals surface area (Å²) in [6.45, 7) is 4.07. The lowest BCUT2D eigenvalue weighted by atomic mass is 10.2. The highest BCUT2D eigenvalue weighted by molar-refractivity contribution is 6.06. The van der Waals surface area contributed by atoms with Gasteiger partial charge >= 0.3 is 0 Å². The summed E-state index contributed by atoms with van der Waals surface area (Å²) >= 11 is 0. The molecule has 47 heavy (non-hydrogen) atoms. The van der Waals surface area contributed by atoms with E-state index in [1.165, 1.54) is 38.1 Å². The minimum Gasteiger partial charge on any atom is -0.504 e. The van der Waals surface area contributed by atoms with Gasteiger partial charge in [0.2, 0.25) is 11.6 Å². The van der Waals surface area contributed by atoms with Crippen molar-refractivity contribution in [3.05, 3.63) is 155 Å². The van der Waals surface area contributed by atoms with Gasteiger partial charge in [0.15, 0.2) is 17.3 Å². The molecule has 0 aliphatic rings. The zero-order valence-electron chi connectivity index (χ0n) is 25.5. The molecule has 4 heterocycles. The van der Waals surface area contributed by atoms with Gasteiger partial charge in [0.1, 0.15) is 11.6 Å². The third-order valence-corrected chi connectivity index (χ3v) is 6.62. The average molecular weight is 640 g/mol. The number of allylic oxidation sites excluding steroid dienone is 1. The SMILES string of the molecule is CC(=O)c1ccc[nH]1.CC(=O)c1cccn1Cc1ccc(F)cc1.O=C(/C=C(\O)c1nn[nH]n1)c1cccn1Cc1ccc(F)cc1. The van der Waals surface area contributed by atoms with Crippen LogP contribution in [0.4, 0.5) is 8.78 Å². The summed E-state index contributed by atoms with van der Waals surface area (Å²) in [6.07, 6.45) is 6.34. The molecule has 0 saturated heterocycles. The molecular formula is C34H31F2N7O4. The maximum absolute atomic E-state index is 12.9. The predicted molar refractivity (Wildman–Crippen MR) is 170 cm³/mol. The van der Waals surface area contributed by atoms with E-state index in [1.807, 2.05) is 16.8 Å². The fourth-order valence-electron chi connectivity index (χ4n) is 4.30. The fourth-order valence-corrected chi connectivity index (χ4v) is 4.30. The van der Waals surface area contributed by atoms with Crippen LogP contribution in [0.3, 0.4) is 0 Å². The molecule has 0 atom stereocenters. The van der Waals surface area contributed by atoms with Gasteiger partial charge in [0, 0.05) is 51.6 Å². The number of rotatable bonds is 9. The first kappa shape index (κ1) is 33.6. The highest BCUT2D eigenvalue weighted by atomic mass is 19.1. The largest absolute Gasteiger partial charge is 0.504 e. The van der Waals surface area contributed by atoms with E-state index >= 15 is 0 Å². The second kappa shape index (κ2) is 16.2. The molecule has 0 bridgehead atoms. The van der Waals surface area contributed by atoms with Gasteiger partial charge in [-0.05, 0) is 77.0 Å². The molecule has 0 fully saturated rings. The van der Waals surface area contributed by atoms with E-state index in [-0.39, 0.29) is 34.8 Å². The second-order valence-electron chi connectivity index (χ2n) is 10.1. The van der Waals surface area contributed by atoms with Crippen molar-refractivity contribution in [3.63, 3.8) is 0 Å². The van der Waals surface area contributed by atoms with Crippen LogP contribution in [0.15, 0.2) is 110 Å². The van der Waals surface area contributed by atoms with E-state index < -0.39 is 5.78 Å². The Bertz CT molecular complexity index is 1920. The number of aliphatic hydroxyl groups excluding tert-OH is 1. The molecule has 0 radical (unpaired) electrons. The molecule has 240 valence electrons. The number of aromatic nitrogens is 7. The molecule has 3 N–H and O–H groups in total. The van der Waals surface area contributed by atoms with Gasteiger partial charge in [-0.2, -0.15) is 5.21 Å². The molecule has 0 unspecified atom stereocenters. The molecule has 2 aromatic carbocycles. The molecule has 6 aromatic rings. The molecule has 0 spiro atoms. The summed E-state index contributed by atoms with van der Waals surface area (Å²) in [5, 5.41) is 22.5. The minimum absolute atomic E-state index is 0.0344. The predicted octanol–water partition coefficient (Wildman–Crippen LogP) is 6.07. The van der Waals surface area contributed by atoms with E-state index in [2.05, 4.69) is 25.6 Å². The summed E-state index contributed by atoms with van der Waals surface area (Å²) in [4.78, 5) is 36.8. The number of aromatic amines is 2. The number of hydrogen-bond donors (Lipinski definition) is 3. The Morgan fingerprint density at radius 1 is 0.766 bits per heavy atom. The monoisotopic (exact) mass is 639 g/mol. The van der Waals surface area contributed by atoms with Gasteiger partial charge in [0.25, 0.3) is 0 Å². The van der Waals surface area contributed by atoms with Gasteiger partial charge in [-0.25, -0.2) is 8.78 Å². The highest BCUT2D eigenvalue weighted by Gasteiger charge is 2.13. The van der Waals surface area contributed by atoms with Crippen molar-refractivity contribution < 1.29 is 28.3 Å². The third kappa shape index (κ3) is 9.88. The summed E-state index contributed by atoms with van der Waals surface area (Å²) in [6, 6.07) is 22.8. The highest BCUT2D eigenvalue weighted by Crippen LogP contribution is 2.13. The van der Waals surface area contributed by atoms with Crippen LogP contribution in [0.5, 0.6) is 0 Å². The average Bonchev–Trinajstić information content (AvgIpc) is 3.88. The van der Waals surface area contributed by atoms with Crippen molar-refractivity contribution in [2.75, 3.05) is 0 Å². The van der Waals surface area contributed by atoms with Crippen LogP contribution < -0.4 is 0 Å². The van der Waals surface area contributed by atoms with Gasteiger partial charge in [-0.3, -0.25) is 14.4 Å². The number of carbonyl (C=O) groups excluding carboxylic acids is 3. The smallest absolute Gasteiger partial charge is 0.239 e. The first-order valence-corrected chi connectivity index (χ1v) is 14.2. The first-order valence-electron chi connectivity index (χ1n) is 14.2. The van der Waals surface area contributed by atoms with Gasteiger partial charge < -0.3 is 19.2 Å². The lowest BCUT2D eigenvalue weighted by Crippen LogP contribution is -2.08. The topological polar surface area (TPSA) is 152 Å². The van der Waals surface area contributed by atoms with Crippen LogP contribution in [-0.4, -0.2) is 57.2 Å². The number of aliphatic hydroxyl groups is 1. The molecule has 0 saturated carbocycles. The van der Waals surface area contributed by atoms with E-state index in [1.54, 1.807) is 71.6 Å². The maximum atomic E-state index is 12.9. The molecule has 4 aromatic heterocycles. The van der Waals surface area contributed by atoms with Crippen LogP contribution >= 0.6 is 0 Å². The Morgan fingerprint density at radius 2 is 1.32 bits per heavy atom. The lowest BCUT2D eigenvalue weighted by Gasteiger charge is -2.07. The Kier molecular flexibility index (Phi) is 11.6. The van der Waals surface area contributed by atoms with Crippen molar-refractivity contribution >= 4 is 23.1 Å². The summed E-state index contributed by atoms with van der Waals surface area (Å²) in [5.41, 5.74) is 3.54. The molecule has 0 amide bonds. The minimum atomic E-state index is -0.403. The number of carbonyl (C=O) groups is 3. The molecule has 11 nitrogen and oxygen atoms in total. The van der Waals surface area contributed by atoms with Crippen molar-refractivity contribution in [1.82, 2.24) is 34.7 Å². The first-order chi connectivity index (χ1) is 22.6. The molecule has 0 aliphatic carbocycles. The molecule has 6 rings (SSSR count). The Hall–Kier alpha value is -6.24. The van der Waals surface area contributed by atoms with E-state index in [9.17, 15) is 28.3 Å². The van der Waals surface area contributed by atoms with Crippen LogP contribution in [-0.2, 0) is 13.1 Å². The van der Waals surface area contributed by atoms with Crippen molar-refractivity contribution in [1.29, 1.82) is 0 Å². The molecular weight excluding hydrogens is 608 g/mol. The Morgan fingerprint density at radius 3 is 1.77 bits per heavy atom. The number of nitrogens with one attached hydrogen (secondary N) is 2. The van der Waals surface area contributed by atoms with Crippen LogP contribution in [0.2, 0.25) is 0 Å².